The molecule has 3 aromatic carbocycles. The molecule has 0 spiro atoms. The fourth-order valence-electron chi connectivity index (χ4n) is 2.58. The van der Waals surface area contributed by atoms with Crippen LogP contribution in [-0.4, -0.2) is 17.8 Å². The molecule has 0 aliphatic heterocycles. The molecular formula is C21H18BrNO3. The van der Waals surface area contributed by atoms with Crippen LogP contribution in [0.2, 0.25) is 0 Å². The highest BCUT2D eigenvalue weighted by molar-refractivity contribution is 9.10. The molecule has 0 radical (unpaired) electrons. The van der Waals surface area contributed by atoms with Crippen molar-refractivity contribution < 1.29 is 14.3 Å². The Morgan fingerprint density at radius 2 is 1.69 bits per heavy atom. The van der Waals surface area contributed by atoms with E-state index in [2.05, 4.69) is 21.2 Å². The van der Waals surface area contributed by atoms with Crippen LogP contribution in [0.25, 0.3) is 10.8 Å². The van der Waals surface area contributed by atoms with Gasteiger partial charge in [-0.05, 0) is 70.9 Å². The van der Waals surface area contributed by atoms with Gasteiger partial charge in [0.15, 0.2) is 11.9 Å². The van der Waals surface area contributed by atoms with Crippen molar-refractivity contribution in [2.45, 2.75) is 20.0 Å². The van der Waals surface area contributed by atoms with Crippen LogP contribution in [0.5, 0.6) is 5.75 Å². The Morgan fingerprint density at radius 1 is 1.00 bits per heavy atom. The van der Waals surface area contributed by atoms with Crippen LogP contribution in [0.1, 0.15) is 24.2 Å². The number of fused-ring (bicyclic) bond motifs is 1. The molecule has 0 fully saturated rings. The van der Waals surface area contributed by atoms with Crippen LogP contribution in [0.3, 0.4) is 0 Å². The number of benzene rings is 3. The molecule has 5 heteroatoms. The van der Waals surface area contributed by atoms with E-state index in [9.17, 15) is 9.59 Å². The van der Waals surface area contributed by atoms with Gasteiger partial charge in [-0.3, -0.25) is 9.59 Å². The van der Waals surface area contributed by atoms with E-state index in [4.69, 9.17) is 4.74 Å². The van der Waals surface area contributed by atoms with Crippen LogP contribution < -0.4 is 10.1 Å². The normalized spacial score (nSPS) is 11.8. The number of ether oxygens (including phenoxy) is 1. The highest BCUT2D eigenvalue weighted by Gasteiger charge is 2.17. The topological polar surface area (TPSA) is 55.4 Å². The first-order valence-corrected chi connectivity index (χ1v) is 9.01. The minimum absolute atomic E-state index is 0.0132. The van der Waals surface area contributed by atoms with Crippen molar-refractivity contribution in [3.8, 4) is 5.75 Å². The molecule has 26 heavy (non-hydrogen) atoms. The van der Waals surface area contributed by atoms with Crippen LogP contribution in [0.15, 0.2) is 65.1 Å². The lowest BCUT2D eigenvalue weighted by Crippen LogP contribution is -2.30. The Kier molecular flexibility index (Phi) is 5.38. The van der Waals surface area contributed by atoms with Gasteiger partial charge in [-0.25, -0.2) is 0 Å². The summed E-state index contributed by atoms with van der Waals surface area (Å²) in [7, 11) is 0. The SMILES string of the molecule is CC(=O)c1ccc(NC(=O)C(C)Oc2ccc3ccccc3c2Br)cc1. The van der Waals surface area contributed by atoms with E-state index in [0.717, 1.165) is 15.2 Å². The summed E-state index contributed by atoms with van der Waals surface area (Å²) in [6.07, 6.45) is -0.681. The zero-order valence-electron chi connectivity index (χ0n) is 14.5. The molecule has 3 rings (SSSR count). The van der Waals surface area contributed by atoms with Crippen molar-refractivity contribution in [2.24, 2.45) is 0 Å². The smallest absolute Gasteiger partial charge is 0.265 e. The Labute approximate surface area is 160 Å². The predicted molar refractivity (Wildman–Crippen MR) is 107 cm³/mol. The van der Waals surface area contributed by atoms with E-state index >= 15 is 0 Å². The lowest BCUT2D eigenvalue weighted by atomic mass is 10.1. The molecular weight excluding hydrogens is 394 g/mol. The molecule has 1 unspecified atom stereocenters. The van der Waals surface area contributed by atoms with Crippen molar-refractivity contribution in [2.75, 3.05) is 5.32 Å². The molecule has 1 amide bonds. The summed E-state index contributed by atoms with van der Waals surface area (Å²) in [6.45, 7) is 3.20. The number of carbonyl (C=O) groups is 2. The fraction of sp³-hybridized carbons (Fsp3) is 0.143. The van der Waals surface area contributed by atoms with Crippen LogP contribution >= 0.6 is 15.9 Å². The van der Waals surface area contributed by atoms with Crippen molar-refractivity contribution >= 4 is 44.1 Å². The van der Waals surface area contributed by atoms with Gasteiger partial charge >= 0.3 is 0 Å². The monoisotopic (exact) mass is 411 g/mol. The van der Waals surface area contributed by atoms with Gasteiger partial charge in [0.1, 0.15) is 5.75 Å². The maximum absolute atomic E-state index is 12.4. The summed E-state index contributed by atoms with van der Waals surface area (Å²) < 4.78 is 6.66. The molecule has 0 saturated carbocycles. The van der Waals surface area contributed by atoms with Gasteiger partial charge in [-0.2, -0.15) is 0 Å². The van der Waals surface area contributed by atoms with Crippen LogP contribution in [0.4, 0.5) is 5.69 Å². The summed E-state index contributed by atoms with van der Waals surface area (Å²) in [5, 5.41) is 4.91. The lowest BCUT2D eigenvalue weighted by Gasteiger charge is -2.17. The summed E-state index contributed by atoms with van der Waals surface area (Å²) in [5.74, 6) is 0.333. The van der Waals surface area contributed by atoms with E-state index in [1.54, 1.807) is 31.2 Å². The van der Waals surface area contributed by atoms with Crippen LogP contribution in [0, 0.1) is 0 Å². The summed E-state index contributed by atoms with van der Waals surface area (Å²) in [4.78, 5) is 23.7. The minimum Gasteiger partial charge on any atom is -0.480 e. The summed E-state index contributed by atoms with van der Waals surface area (Å²) in [6, 6.07) is 18.5. The predicted octanol–water partition coefficient (Wildman–Crippen LogP) is 5.21. The first kappa shape index (κ1) is 18.1. The van der Waals surface area contributed by atoms with Crippen molar-refractivity contribution in [3.05, 3.63) is 70.7 Å². The maximum atomic E-state index is 12.4. The van der Waals surface area contributed by atoms with Gasteiger partial charge < -0.3 is 10.1 Å². The molecule has 0 heterocycles. The number of amides is 1. The second kappa shape index (κ2) is 7.70. The van der Waals surface area contributed by atoms with Gasteiger partial charge in [-0.1, -0.05) is 30.3 Å². The molecule has 0 bridgehead atoms. The average molecular weight is 412 g/mol. The Bertz CT molecular complexity index is 967. The summed E-state index contributed by atoms with van der Waals surface area (Å²) >= 11 is 3.56. The highest BCUT2D eigenvalue weighted by Crippen LogP contribution is 2.33. The summed E-state index contributed by atoms with van der Waals surface area (Å²) in [5.41, 5.74) is 1.22. The Balaban J connectivity index is 1.71. The fourth-order valence-corrected chi connectivity index (χ4v) is 3.17. The second-order valence-corrected chi connectivity index (χ2v) is 6.77. The van der Waals surface area contributed by atoms with E-state index in [1.807, 2.05) is 36.4 Å². The standard InChI is InChI=1S/C21H18BrNO3/c1-13(24)15-7-10-17(11-8-15)23-21(25)14(2)26-19-12-9-16-5-3-4-6-18(16)20(19)22/h3-12,14H,1-2H3,(H,23,25). The Morgan fingerprint density at radius 3 is 2.38 bits per heavy atom. The van der Waals surface area contributed by atoms with Gasteiger partial charge in [0.25, 0.3) is 5.91 Å². The number of halogens is 1. The molecule has 132 valence electrons. The van der Waals surface area contributed by atoms with E-state index in [1.165, 1.54) is 6.92 Å². The minimum atomic E-state index is -0.681. The largest absolute Gasteiger partial charge is 0.480 e. The number of nitrogens with one attached hydrogen (secondary N) is 1. The first-order valence-electron chi connectivity index (χ1n) is 8.21. The number of carbonyl (C=O) groups excluding carboxylic acids is 2. The highest BCUT2D eigenvalue weighted by atomic mass is 79.9. The number of Topliss-reactive ketones (excluding diaryl/α,β-unsaturated/α-hetero) is 1. The van der Waals surface area contributed by atoms with Crippen molar-refractivity contribution in [3.63, 3.8) is 0 Å². The zero-order valence-corrected chi connectivity index (χ0v) is 16.0. The van der Waals surface area contributed by atoms with Crippen LogP contribution in [-0.2, 0) is 4.79 Å². The third-order valence-corrected chi connectivity index (χ3v) is 4.88. The van der Waals surface area contributed by atoms with E-state index in [-0.39, 0.29) is 11.7 Å². The molecule has 0 saturated heterocycles. The lowest BCUT2D eigenvalue weighted by molar-refractivity contribution is -0.122. The number of hydrogen-bond acceptors (Lipinski definition) is 3. The number of ketones is 1. The molecule has 4 nitrogen and oxygen atoms in total. The molecule has 1 atom stereocenters. The average Bonchev–Trinajstić information content (AvgIpc) is 2.64. The molecule has 0 aromatic heterocycles. The Hall–Kier alpha value is -2.66. The molecule has 0 aliphatic rings. The van der Waals surface area contributed by atoms with Crippen molar-refractivity contribution in [1.29, 1.82) is 0 Å². The number of hydrogen-bond donors (Lipinski definition) is 1. The molecule has 0 aliphatic carbocycles. The first-order chi connectivity index (χ1) is 12.5. The van der Waals surface area contributed by atoms with E-state index in [0.29, 0.717) is 17.0 Å². The van der Waals surface area contributed by atoms with Gasteiger partial charge in [0.05, 0.1) is 4.47 Å². The van der Waals surface area contributed by atoms with Gasteiger partial charge in [0.2, 0.25) is 0 Å². The van der Waals surface area contributed by atoms with Gasteiger partial charge in [-0.15, -0.1) is 0 Å². The van der Waals surface area contributed by atoms with E-state index < -0.39 is 6.10 Å². The zero-order chi connectivity index (χ0) is 18.7. The second-order valence-electron chi connectivity index (χ2n) is 5.98. The third-order valence-electron chi connectivity index (χ3n) is 4.06. The third kappa shape index (κ3) is 3.94. The molecule has 1 N–H and O–H groups in total. The number of anilines is 1. The van der Waals surface area contributed by atoms with Gasteiger partial charge in [0, 0.05) is 11.3 Å². The number of rotatable bonds is 5. The quantitative estimate of drug-likeness (QED) is 0.586. The maximum Gasteiger partial charge on any atom is 0.265 e. The van der Waals surface area contributed by atoms with Crippen molar-refractivity contribution in [1.82, 2.24) is 0 Å². The molecule has 3 aromatic rings.